The zero-order valence-electron chi connectivity index (χ0n) is 28.2. The number of aliphatic carboxylic acids is 2. The van der Waals surface area contributed by atoms with Crippen molar-refractivity contribution in [1.82, 2.24) is 29.1 Å². The molecular formula is C34H32ClF5N8O6. The predicted octanol–water partition coefficient (Wildman–Crippen LogP) is 4.77. The van der Waals surface area contributed by atoms with Crippen LogP contribution in [0.1, 0.15) is 16.8 Å². The number of likely N-dealkylation sites (tertiary alicyclic amines) is 1. The number of aromatic nitrogens is 3. The number of fused-ring (bicyclic) bond motifs is 1. The molecule has 3 N–H and O–H groups in total. The van der Waals surface area contributed by atoms with Gasteiger partial charge in [0.05, 0.1) is 28.4 Å². The lowest BCUT2D eigenvalue weighted by molar-refractivity contribution is -0.192. The van der Waals surface area contributed by atoms with E-state index in [4.69, 9.17) is 31.5 Å². The Morgan fingerprint density at radius 2 is 1.70 bits per heavy atom. The SMILES string of the molecule is N#CCOc1ccc(-c2cnc3c(Nc4ccc(C(=O)N5CCN(CCN6CCC(C(=O)O)C6)CC5)c(Cl)c4)nccn23)c(F)c1F.O=C(O)C(F)(F)F. The van der Waals surface area contributed by atoms with E-state index in [9.17, 15) is 36.6 Å². The van der Waals surface area contributed by atoms with Crippen molar-refractivity contribution in [2.45, 2.75) is 12.6 Å². The molecule has 2 aliphatic heterocycles. The maximum absolute atomic E-state index is 15.0. The highest BCUT2D eigenvalue weighted by Crippen LogP contribution is 2.32. The Morgan fingerprint density at radius 1 is 1.00 bits per heavy atom. The van der Waals surface area contributed by atoms with Crippen LogP contribution in [-0.2, 0) is 9.59 Å². The minimum absolute atomic E-state index is 0.0522. The van der Waals surface area contributed by atoms with Crippen LogP contribution in [0.3, 0.4) is 0 Å². The molecule has 6 rings (SSSR count). The van der Waals surface area contributed by atoms with Gasteiger partial charge in [-0.05, 0) is 43.3 Å². The van der Waals surface area contributed by atoms with Gasteiger partial charge in [-0.1, -0.05) is 11.6 Å². The molecule has 14 nitrogen and oxygen atoms in total. The molecule has 1 atom stereocenters. The number of hydrogen-bond acceptors (Lipinski definition) is 10. The number of carboxylic acids is 2. The maximum atomic E-state index is 15.0. The highest BCUT2D eigenvalue weighted by molar-refractivity contribution is 6.34. The van der Waals surface area contributed by atoms with Crippen molar-refractivity contribution < 1.29 is 51.3 Å². The Kier molecular flexibility index (Phi) is 12.5. The van der Waals surface area contributed by atoms with Gasteiger partial charge in [0.2, 0.25) is 5.82 Å². The summed E-state index contributed by atoms with van der Waals surface area (Å²) in [6, 6.07) is 9.30. The molecule has 54 heavy (non-hydrogen) atoms. The molecule has 2 aromatic heterocycles. The third kappa shape index (κ3) is 9.31. The summed E-state index contributed by atoms with van der Waals surface area (Å²) in [5, 5.41) is 28.4. The van der Waals surface area contributed by atoms with Gasteiger partial charge in [-0.15, -0.1) is 0 Å². The van der Waals surface area contributed by atoms with E-state index in [1.165, 1.54) is 24.5 Å². The number of hydrogen-bond donors (Lipinski definition) is 3. The van der Waals surface area contributed by atoms with Crippen LogP contribution in [-0.4, -0.2) is 122 Å². The van der Waals surface area contributed by atoms with Crippen LogP contribution in [0.4, 0.5) is 33.5 Å². The van der Waals surface area contributed by atoms with Crippen LogP contribution in [0.2, 0.25) is 5.02 Å². The van der Waals surface area contributed by atoms with E-state index in [-0.39, 0.29) is 33.9 Å². The average Bonchev–Trinajstić information content (AvgIpc) is 3.80. The summed E-state index contributed by atoms with van der Waals surface area (Å²) in [5.41, 5.74) is 1.48. The molecule has 0 saturated carbocycles. The summed E-state index contributed by atoms with van der Waals surface area (Å²) in [6.07, 6.45) is 0.0437. The number of carbonyl (C=O) groups excluding carboxylic acids is 1. The van der Waals surface area contributed by atoms with Gasteiger partial charge in [0, 0.05) is 69.5 Å². The molecule has 286 valence electrons. The van der Waals surface area contributed by atoms with E-state index in [0.717, 1.165) is 32.7 Å². The van der Waals surface area contributed by atoms with E-state index in [0.29, 0.717) is 48.8 Å². The van der Waals surface area contributed by atoms with Gasteiger partial charge in [-0.3, -0.25) is 18.9 Å². The molecule has 1 unspecified atom stereocenters. The highest BCUT2D eigenvalue weighted by atomic mass is 35.5. The number of carbonyl (C=O) groups is 3. The molecule has 2 saturated heterocycles. The number of alkyl halides is 3. The van der Waals surface area contributed by atoms with Crippen molar-refractivity contribution >= 4 is 46.6 Å². The van der Waals surface area contributed by atoms with Crippen molar-refractivity contribution in [3.05, 3.63) is 71.1 Å². The van der Waals surface area contributed by atoms with Crippen LogP contribution < -0.4 is 10.1 Å². The lowest BCUT2D eigenvalue weighted by Gasteiger charge is -2.35. The topological polar surface area (TPSA) is 177 Å². The van der Waals surface area contributed by atoms with Crippen LogP contribution in [0.5, 0.6) is 5.75 Å². The van der Waals surface area contributed by atoms with Crippen molar-refractivity contribution in [2.75, 3.05) is 64.3 Å². The standard InChI is InChI=1S/C32H31ClF2N8O4.C2HF3O2/c33-24-17-21(1-2-22(24)31(44)42-14-12-40(13-15-42)10-11-41-8-5-20(19-41)32(45)46)39-29-30-38-18-25(43(30)9-7-37-29)23-3-4-26(47-16-6-36)28(35)27(23)34;3-2(4,5)1(6)7/h1-4,7,9,17-18,20H,5,8,10-16,19H2,(H,37,39)(H,45,46);(H,6,7). The molecule has 1 amide bonds. The van der Waals surface area contributed by atoms with E-state index in [2.05, 4.69) is 25.1 Å². The van der Waals surface area contributed by atoms with Gasteiger partial charge in [0.25, 0.3) is 5.91 Å². The largest absolute Gasteiger partial charge is 0.490 e. The summed E-state index contributed by atoms with van der Waals surface area (Å²) in [4.78, 5) is 48.4. The van der Waals surface area contributed by atoms with Crippen molar-refractivity contribution in [3.8, 4) is 23.1 Å². The second-order valence-electron chi connectivity index (χ2n) is 12.2. The first-order valence-electron chi connectivity index (χ1n) is 16.3. The third-order valence-corrected chi connectivity index (χ3v) is 9.07. The average molecular weight is 779 g/mol. The normalized spacial score (nSPS) is 16.4. The molecule has 0 spiro atoms. The minimum Gasteiger partial charge on any atom is -0.481 e. The van der Waals surface area contributed by atoms with Crippen molar-refractivity contribution in [1.29, 1.82) is 5.26 Å². The van der Waals surface area contributed by atoms with E-state index in [1.54, 1.807) is 39.8 Å². The van der Waals surface area contributed by atoms with Gasteiger partial charge < -0.3 is 30.1 Å². The van der Waals surface area contributed by atoms with Crippen molar-refractivity contribution in [2.24, 2.45) is 5.92 Å². The Labute approximate surface area is 308 Å². The monoisotopic (exact) mass is 778 g/mol. The first-order valence-corrected chi connectivity index (χ1v) is 16.7. The zero-order chi connectivity index (χ0) is 39.2. The zero-order valence-corrected chi connectivity index (χ0v) is 28.9. The van der Waals surface area contributed by atoms with Crippen LogP contribution in [0.25, 0.3) is 16.9 Å². The smallest absolute Gasteiger partial charge is 0.481 e. The molecule has 2 aromatic carbocycles. The predicted molar refractivity (Wildman–Crippen MR) is 182 cm³/mol. The quantitative estimate of drug-likeness (QED) is 0.188. The van der Waals surface area contributed by atoms with Crippen LogP contribution in [0.15, 0.2) is 48.9 Å². The molecule has 0 radical (unpaired) electrons. The molecule has 0 bridgehead atoms. The molecule has 0 aliphatic carbocycles. The number of benzene rings is 2. The van der Waals surface area contributed by atoms with Gasteiger partial charge in [-0.25, -0.2) is 19.2 Å². The third-order valence-electron chi connectivity index (χ3n) is 8.76. The summed E-state index contributed by atoms with van der Waals surface area (Å²) < 4.78 is 67.8. The molecule has 2 fully saturated rings. The number of halogens is 6. The van der Waals surface area contributed by atoms with E-state index < -0.39 is 36.4 Å². The number of nitrogens with zero attached hydrogens (tertiary/aromatic N) is 7. The van der Waals surface area contributed by atoms with Crippen LogP contribution >= 0.6 is 11.6 Å². The summed E-state index contributed by atoms with van der Waals surface area (Å²) in [5.74, 6) is -6.33. The van der Waals surface area contributed by atoms with Gasteiger partial charge in [0.1, 0.15) is 6.07 Å². The number of ether oxygens (including phenoxy) is 1. The fourth-order valence-corrected chi connectivity index (χ4v) is 6.19. The summed E-state index contributed by atoms with van der Waals surface area (Å²) in [7, 11) is 0. The Bertz CT molecular complexity index is 2070. The number of anilines is 2. The molecule has 20 heteroatoms. The second kappa shape index (κ2) is 17.0. The van der Waals surface area contributed by atoms with Gasteiger partial charge in [0.15, 0.2) is 29.6 Å². The molecule has 4 aromatic rings. The fourth-order valence-electron chi connectivity index (χ4n) is 5.93. The number of imidazole rings is 1. The number of nitrogens with one attached hydrogen (secondary N) is 1. The Morgan fingerprint density at radius 3 is 2.33 bits per heavy atom. The van der Waals surface area contributed by atoms with E-state index >= 15 is 0 Å². The Balaban J connectivity index is 0.000000730. The fraction of sp³-hybridized carbons (Fsp3) is 0.353. The lowest BCUT2D eigenvalue weighted by atomic mass is 10.1. The first kappa shape index (κ1) is 39.6. The Hall–Kier alpha value is -5.58. The number of rotatable bonds is 10. The maximum Gasteiger partial charge on any atom is 0.490 e. The summed E-state index contributed by atoms with van der Waals surface area (Å²) in [6.45, 7) is 5.15. The number of piperazine rings is 1. The van der Waals surface area contributed by atoms with Crippen LogP contribution in [0, 0.1) is 28.9 Å². The minimum atomic E-state index is -5.08. The van der Waals surface area contributed by atoms with Crippen molar-refractivity contribution in [3.63, 3.8) is 0 Å². The molecule has 2 aliphatic rings. The first-order chi connectivity index (χ1) is 25.7. The number of amides is 1. The molecular weight excluding hydrogens is 747 g/mol. The number of nitriles is 1. The molecule has 4 heterocycles. The van der Waals surface area contributed by atoms with E-state index in [1.807, 2.05) is 0 Å². The summed E-state index contributed by atoms with van der Waals surface area (Å²) >= 11 is 6.58. The lowest BCUT2D eigenvalue weighted by Crippen LogP contribution is -2.50. The van der Waals surface area contributed by atoms with Gasteiger partial charge in [-0.2, -0.15) is 22.8 Å². The number of carboxylic acid groups (broad SMARTS) is 2. The highest BCUT2D eigenvalue weighted by Gasteiger charge is 2.38. The second-order valence-corrected chi connectivity index (χ2v) is 12.6. The van der Waals surface area contributed by atoms with Gasteiger partial charge >= 0.3 is 18.1 Å².